The molecule has 0 aliphatic carbocycles. The Morgan fingerprint density at radius 3 is 2.67 bits per heavy atom. The molecule has 2 aromatic rings. The lowest BCUT2D eigenvalue weighted by Gasteiger charge is -2.10. The average Bonchev–Trinajstić information content (AvgIpc) is 2.35. The van der Waals surface area contributed by atoms with Gasteiger partial charge in [-0.05, 0) is 37.6 Å². The van der Waals surface area contributed by atoms with Crippen LogP contribution in [0.1, 0.15) is 17.0 Å². The molecule has 3 nitrogen and oxygen atoms in total. The van der Waals surface area contributed by atoms with Crippen molar-refractivity contribution >= 4 is 15.9 Å². The number of rotatable bonds is 2. The second kappa shape index (κ2) is 5.12. The summed E-state index contributed by atoms with van der Waals surface area (Å²) in [5.41, 5.74) is 8.91. The first-order valence-electron chi connectivity index (χ1n) is 5.52. The largest absolute Gasteiger partial charge is 0.325 e. The molecule has 2 N–H and O–H groups in total. The molecule has 18 heavy (non-hydrogen) atoms. The maximum absolute atomic E-state index is 13.3. The molecule has 0 radical (unpaired) electrons. The van der Waals surface area contributed by atoms with E-state index in [9.17, 15) is 4.39 Å². The van der Waals surface area contributed by atoms with Crippen molar-refractivity contribution in [2.24, 2.45) is 5.73 Å². The SMILES string of the molecule is Cc1nc(-c2cc(F)ccc2Br)nc(CN)c1C. The first-order chi connectivity index (χ1) is 8.52. The van der Waals surface area contributed by atoms with Crippen molar-refractivity contribution in [2.75, 3.05) is 0 Å². The van der Waals surface area contributed by atoms with E-state index in [1.165, 1.54) is 12.1 Å². The third kappa shape index (κ3) is 2.42. The predicted molar refractivity (Wildman–Crippen MR) is 72.5 cm³/mol. The van der Waals surface area contributed by atoms with Crippen LogP contribution in [0.15, 0.2) is 22.7 Å². The van der Waals surface area contributed by atoms with E-state index in [-0.39, 0.29) is 5.82 Å². The molecule has 5 heteroatoms. The van der Waals surface area contributed by atoms with Gasteiger partial charge in [0.2, 0.25) is 0 Å². The zero-order chi connectivity index (χ0) is 13.3. The molecule has 0 spiro atoms. The second-order valence-electron chi connectivity index (χ2n) is 4.03. The number of hydrogen-bond acceptors (Lipinski definition) is 3. The van der Waals surface area contributed by atoms with E-state index in [0.29, 0.717) is 17.9 Å². The van der Waals surface area contributed by atoms with Crippen LogP contribution in [0.2, 0.25) is 0 Å². The summed E-state index contributed by atoms with van der Waals surface area (Å²) in [4.78, 5) is 8.78. The topological polar surface area (TPSA) is 51.8 Å². The zero-order valence-corrected chi connectivity index (χ0v) is 11.8. The zero-order valence-electron chi connectivity index (χ0n) is 10.2. The minimum absolute atomic E-state index is 0.315. The summed E-state index contributed by atoms with van der Waals surface area (Å²) in [6.45, 7) is 4.17. The quantitative estimate of drug-likeness (QED) is 0.927. The molecule has 1 aromatic carbocycles. The van der Waals surface area contributed by atoms with E-state index < -0.39 is 0 Å². The van der Waals surface area contributed by atoms with Gasteiger partial charge < -0.3 is 5.73 Å². The van der Waals surface area contributed by atoms with Crippen molar-refractivity contribution in [3.05, 3.63) is 45.4 Å². The van der Waals surface area contributed by atoms with Crippen molar-refractivity contribution in [3.8, 4) is 11.4 Å². The molecule has 1 aromatic heterocycles. The fourth-order valence-corrected chi connectivity index (χ4v) is 2.10. The molecule has 1 heterocycles. The van der Waals surface area contributed by atoms with Crippen LogP contribution in [0.5, 0.6) is 0 Å². The van der Waals surface area contributed by atoms with E-state index >= 15 is 0 Å². The van der Waals surface area contributed by atoms with Crippen molar-refractivity contribution in [1.29, 1.82) is 0 Å². The molecule has 2 rings (SSSR count). The summed E-state index contributed by atoms with van der Waals surface area (Å²) in [7, 11) is 0. The van der Waals surface area contributed by atoms with Crippen molar-refractivity contribution in [2.45, 2.75) is 20.4 Å². The second-order valence-corrected chi connectivity index (χ2v) is 4.89. The number of aryl methyl sites for hydroxylation is 1. The van der Waals surface area contributed by atoms with Gasteiger partial charge in [0.25, 0.3) is 0 Å². The smallest absolute Gasteiger partial charge is 0.160 e. The van der Waals surface area contributed by atoms with Gasteiger partial charge in [0.15, 0.2) is 5.82 Å². The molecule has 0 saturated carbocycles. The predicted octanol–water partition coefficient (Wildman–Crippen LogP) is 3.12. The lowest BCUT2D eigenvalue weighted by atomic mass is 10.1. The highest BCUT2D eigenvalue weighted by atomic mass is 79.9. The molecular weight excluding hydrogens is 297 g/mol. The Morgan fingerprint density at radius 1 is 1.28 bits per heavy atom. The number of aromatic nitrogens is 2. The van der Waals surface area contributed by atoms with Gasteiger partial charge in [-0.25, -0.2) is 14.4 Å². The van der Waals surface area contributed by atoms with Gasteiger partial charge in [-0.1, -0.05) is 15.9 Å². The third-order valence-electron chi connectivity index (χ3n) is 2.85. The molecule has 0 aliphatic rings. The first kappa shape index (κ1) is 13.1. The number of nitrogens with two attached hydrogens (primary N) is 1. The normalized spacial score (nSPS) is 10.7. The fraction of sp³-hybridized carbons (Fsp3) is 0.231. The molecule has 0 fully saturated rings. The van der Waals surface area contributed by atoms with E-state index in [4.69, 9.17) is 5.73 Å². The van der Waals surface area contributed by atoms with Crippen LogP contribution in [0.25, 0.3) is 11.4 Å². The molecule has 0 amide bonds. The highest BCUT2D eigenvalue weighted by Gasteiger charge is 2.12. The number of nitrogens with zero attached hydrogens (tertiary/aromatic N) is 2. The third-order valence-corrected chi connectivity index (χ3v) is 3.54. The lowest BCUT2D eigenvalue weighted by molar-refractivity contribution is 0.628. The molecule has 0 bridgehead atoms. The highest BCUT2D eigenvalue weighted by Crippen LogP contribution is 2.27. The fourth-order valence-electron chi connectivity index (χ4n) is 1.68. The number of hydrogen-bond donors (Lipinski definition) is 1. The summed E-state index contributed by atoms with van der Waals surface area (Å²) in [6.07, 6.45) is 0. The number of benzene rings is 1. The summed E-state index contributed by atoms with van der Waals surface area (Å²) >= 11 is 3.38. The summed E-state index contributed by atoms with van der Waals surface area (Å²) < 4.78 is 14.1. The molecule has 94 valence electrons. The van der Waals surface area contributed by atoms with Gasteiger partial charge in [0.05, 0.1) is 5.69 Å². The van der Waals surface area contributed by atoms with Crippen molar-refractivity contribution in [1.82, 2.24) is 9.97 Å². The Kier molecular flexibility index (Phi) is 3.73. The molecular formula is C13H13BrFN3. The standard InChI is InChI=1S/C13H13BrFN3/c1-7-8(2)17-13(18-12(7)6-16)10-5-9(15)3-4-11(10)14/h3-5H,6,16H2,1-2H3. The summed E-state index contributed by atoms with van der Waals surface area (Å²) in [5.74, 6) is 0.175. The van der Waals surface area contributed by atoms with Crippen LogP contribution in [-0.4, -0.2) is 9.97 Å². The van der Waals surface area contributed by atoms with Crippen molar-refractivity contribution < 1.29 is 4.39 Å². The van der Waals surface area contributed by atoms with Gasteiger partial charge in [-0.15, -0.1) is 0 Å². The van der Waals surface area contributed by atoms with Crippen LogP contribution in [0.3, 0.4) is 0 Å². The number of halogens is 2. The van der Waals surface area contributed by atoms with Gasteiger partial charge in [-0.2, -0.15) is 0 Å². The maximum Gasteiger partial charge on any atom is 0.160 e. The monoisotopic (exact) mass is 309 g/mol. The van der Waals surface area contributed by atoms with E-state index in [0.717, 1.165) is 21.4 Å². The average molecular weight is 310 g/mol. The van der Waals surface area contributed by atoms with Crippen LogP contribution in [-0.2, 0) is 6.54 Å². The Hall–Kier alpha value is -1.33. The van der Waals surface area contributed by atoms with E-state index in [2.05, 4.69) is 25.9 Å². The van der Waals surface area contributed by atoms with E-state index in [1.807, 2.05) is 13.8 Å². The van der Waals surface area contributed by atoms with Crippen LogP contribution in [0, 0.1) is 19.7 Å². The Labute approximate surface area is 113 Å². The molecule has 0 unspecified atom stereocenters. The molecule has 0 atom stereocenters. The van der Waals surface area contributed by atoms with Gasteiger partial charge in [0, 0.05) is 22.3 Å². The summed E-state index contributed by atoms with van der Waals surface area (Å²) in [5, 5.41) is 0. The summed E-state index contributed by atoms with van der Waals surface area (Å²) in [6, 6.07) is 4.44. The molecule has 0 saturated heterocycles. The van der Waals surface area contributed by atoms with E-state index in [1.54, 1.807) is 6.07 Å². The highest BCUT2D eigenvalue weighted by molar-refractivity contribution is 9.10. The minimum atomic E-state index is -0.315. The van der Waals surface area contributed by atoms with Gasteiger partial charge in [0.1, 0.15) is 5.82 Å². The Balaban J connectivity index is 2.64. The van der Waals surface area contributed by atoms with Crippen LogP contribution < -0.4 is 5.73 Å². The molecule has 0 aliphatic heterocycles. The van der Waals surface area contributed by atoms with Crippen molar-refractivity contribution in [3.63, 3.8) is 0 Å². The maximum atomic E-state index is 13.3. The van der Waals surface area contributed by atoms with Crippen LogP contribution >= 0.6 is 15.9 Å². The van der Waals surface area contributed by atoms with Gasteiger partial charge in [-0.3, -0.25) is 0 Å². The lowest BCUT2D eigenvalue weighted by Crippen LogP contribution is -2.07. The Morgan fingerprint density at radius 2 is 2.00 bits per heavy atom. The van der Waals surface area contributed by atoms with Crippen LogP contribution in [0.4, 0.5) is 4.39 Å². The minimum Gasteiger partial charge on any atom is -0.325 e. The van der Waals surface area contributed by atoms with Gasteiger partial charge >= 0.3 is 0 Å². The Bertz CT molecular complexity index is 599. The first-order valence-corrected chi connectivity index (χ1v) is 6.32.